The largest absolute Gasteiger partial charge is 0.481 e. The van der Waals surface area contributed by atoms with E-state index in [1.807, 2.05) is 30.5 Å². The zero-order chi connectivity index (χ0) is 24.2. The lowest BCUT2D eigenvalue weighted by atomic mass is 9.82. The zero-order valence-corrected chi connectivity index (χ0v) is 20.3. The van der Waals surface area contributed by atoms with Gasteiger partial charge in [0.2, 0.25) is 0 Å². The summed E-state index contributed by atoms with van der Waals surface area (Å²) in [6, 6.07) is 3.85. The van der Waals surface area contributed by atoms with E-state index in [1.54, 1.807) is 0 Å². The van der Waals surface area contributed by atoms with Gasteiger partial charge in [0.15, 0.2) is 5.65 Å². The number of pyridine rings is 1. The quantitative estimate of drug-likeness (QED) is 0.450. The first-order valence-corrected chi connectivity index (χ1v) is 12.5. The van der Waals surface area contributed by atoms with Gasteiger partial charge >= 0.3 is 5.97 Å². The lowest BCUT2D eigenvalue weighted by Gasteiger charge is -2.32. The number of aliphatic carboxylic acids is 1. The topological polar surface area (TPSA) is 111 Å². The van der Waals surface area contributed by atoms with Gasteiger partial charge in [0, 0.05) is 12.5 Å². The van der Waals surface area contributed by atoms with Gasteiger partial charge in [-0.1, -0.05) is 37.8 Å². The van der Waals surface area contributed by atoms with E-state index in [0.717, 1.165) is 42.6 Å². The lowest BCUT2D eigenvalue weighted by Crippen LogP contribution is -2.34. The number of fused-ring (bicyclic) bond motifs is 1. The molecule has 182 valence electrons. The number of rotatable bonds is 9. The summed E-state index contributed by atoms with van der Waals surface area (Å²) in [4.78, 5) is 34.5. The van der Waals surface area contributed by atoms with Gasteiger partial charge in [-0.05, 0) is 64.0 Å². The van der Waals surface area contributed by atoms with Crippen LogP contribution >= 0.6 is 0 Å². The number of carboxylic acid groups (broad SMARTS) is 1. The summed E-state index contributed by atoms with van der Waals surface area (Å²) in [6.07, 6.45) is 8.45. The second kappa shape index (κ2) is 10.5. The Kier molecular flexibility index (Phi) is 7.44. The number of aromatic nitrogens is 4. The van der Waals surface area contributed by atoms with Crippen molar-refractivity contribution in [2.24, 2.45) is 5.92 Å². The second-order valence-electron chi connectivity index (χ2n) is 9.47. The van der Waals surface area contributed by atoms with Crippen LogP contribution in [0.1, 0.15) is 87.9 Å². The van der Waals surface area contributed by atoms with Crippen LogP contribution in [0.15, 0.2) is 21.5 Å². The van der Waals surface area contributed by atoms with Crippen LogP contribution in [-0.4, -0.2) is 30.8 Å². The summed E-state index contributed by atoms with van der Waals surface area (Å²) in [7, 11) is 0. The number of carboxylic acids is 1. The van der Waals surface area contributed by atoms with E-state index in [2.05, 4.69) is 17.1 Å². The Morgan fingerprint density at radius 1 is 1.21 bits per heavy atom. The van der Waals surface area contributed by atoms with Gasteiger partial charge in [0.05, 0.1) is 17.0 Å². The molecule has 1 aliphatic rings. The normalized spacial score (nSPS) is 15.6. The van der Waals surface area contributed by atoms with E-state index in [0.29, 0.717) is 41.4 Å². The molecule has 0 spiro atoms. The summed E-state index contributed by atoms with van der Waals surface area (Å²) in [5.41, 5.74) is 3.87. The van der Waals surface area contributed by atoms with Crippen molar-refractivity contribution in [3.8, 4) is 11.3 Å². The van der Waals surface area contributed by atoms with Crippen molar-refractivity contribution in [2.45, 2.75) is 91.0 Å². The van der Waals surface area contributed by atoms with Crippen molar-refractivity contribution in [1.29, 1.82) is 0 Å². The molecule has 1 saturated carbocycles. The van der Waals surface area contributed by atoms with Gasteiger partial charge in [-0.2, -0.15) is 0 Å². The molecule has 0 amide bonds. The van der Waals surface area contributed by atoms with Crippen molar-refractivity contribution in [3.63, 3.8) is 0 Å². The molecule has 8 nitrogen and oxygen atoms in total. The highest BCUT2D eigenvalue weighted by Gasteiger charge is 2.28. The summed E-state index contributed by atoms with van der Waals surface area (Å²) >= 11 is 0. The van der Waals surface area contributed by atoms with Gasteiger partial charge < -0.3 is 9.63 Å². The van der Waals surface area contributed by atoms with E-state index < -0.39 is 5.97 Å². The average Bonchev–Trinajstić information content (AvgIpc) is 3.16. The first kappa shape index (κ1) is 24.1. The van der Waals surface area contributed by atoms with Gasteiger partial charge in [-0.3, -0.25) is 14.2 Å². The van der Waals surface area contributed by atoms with E-state index in [1.165, 1.54) is 19.3 Å². The predicted molar refractivity (Wildman–Crippen MR) is 130 cm³/mol. The van der Waals surface area contributed by atoms with Crippen LogP contribution in [-0.2, 0) is 11.2 Å². The van der Waals surface area contributed by atoms with Crippen LogP contribution in [0.3, 0.4) is 0 Å². The zero-order valence-electron chi connectivity index (χ0n) is 20.3. The third-order valence-electron chi connectivity index (χ3n) is 7.01. The molecule has 0 unspecified atom stereocenters. The van der Waals surface area contributed by atoms with Gasteiger partial charge in [-0.15, -0.1) is 0 Å². The number of aryl methyl sites for hydroxylation is 3. The molecular formula is C26H34N4O4. The SMILES string of the molecule is CCC[C@@H](C1CCCCC1)n1c(=O)c(CCCC(=O)O)nc2ccc(-c3c(C)noc3C)nc21. The average molecular weight is 467 g/mol. The highest BCUT2D eigenvalue weighted by Crippen LogP contribution is 2.36. The first-order chi connectivity index (χ1) is 16.4. The molecule has 8 heteroatoms. The fourth-order valence-corrected chi connectivity index (χ4v) is 5.39. The fourth-order valence-electron chi connectivity index (χ4n) is 5.39. The second-order valence-corrected chi connectivity index (χ2v) is 9.47. The standard InChI is InChI=1S/C26H34N4O4/c1-4-9-22(18-10-6-5-7-11-18)30-25-20(27-21(26(30)33)12-8-13-23(31)32)15-14-19(28-25)24-16(2)29-34-17(24)3/h14-15,18,22H,4-13H2,1-3H3,(H,31,32)/t22-/m0/s1. The molecule has 4 rings (SSSR count). The van der Waals surface area contributed by atoms with Crippen molar-refractivity contribution in [3.05, 3.63) is 39.6 Å². The smallest absolute Gasteiger partial charge is 0.303 e. The van der Waals surface area contributed by atoms with Crippen LogP contribution in [0, 0.1) is 19.8 Å². The maximum Gasteiger partial charge on any atom is 0.303 e. The van der Waals surface area contributed by atoms with E-state index in [9.17, 15) is 9.59 Å². The van der Waals surface area contributed by atoms with Crippen LogP contribution in [0.4, 0.5) is 0 Å². The maximum absolute atomic E-state index is 13.8. The molecule has 1 fully saturated rings. The van der Waals surface area contributed by atoms with Crippen LogP contribution < -0.4 is 5.56 Å². The minimum Gasteiger partial charge on any atom is -0.481 e. The fraction of sp³-hybridized carbons (Fsp3) is 0.577. The molecular weight excluding hydrogens is 432 g/mol. The summed E-state index contributed by atoms with van der Waals surface area (Å²) < 4.78 is 7.25. The molecule has 0 radical (unpaired) electrons. The number of hydrogen-bond acceptors (Lipinski definition) is 6. The minimum atomic E-state index is -0.863. The van der Waals surface area contributed by atoms with E-state index in [4.69, 9.17) is 14.6 Å². The molecule has 0 bridgehead atoms. The monoisotopic (exact) mass is 466 g/mol. The van der Waals surface area contributed by atoms with E-state index >= 15 is 0 Å². The van der Waals surface area contributed by atoms with Crippen LogP contribution in [0.5, 0.6) is 0 Å². The Labute approximate surface area is 199 Å². The Balaban J connectivity index is 1.89. The molecule has 0 saturated heterocycles. The molecule has 1 atom stereocenters. The molecule has 1 N–H and O–H groups in total. The van der Waals surface area contributed by atoms with Gasteiger partial charge in [0.1, 0.15) is 17.0 Å². The Morgan fingerprint density at radius 3 is 2.62 bits per heavy atom. The van der Waals surface area contributed by atoms with Crippen molar-refractivity contribution < 1.29 is 14.4 Å². The Morgan fingerprint density at radius 2 is 1.97 bits per heavy atom. The number of carbonyl (C=O) groups is 1. The number of hydrogen-bond donors (Lipinski definition) is 1. The molecule has 34 heavy (non-hydrogen) atoms. The summed E-state index contributed by atoms with van der Waals surface area (Å²) in [5, 5.41) is 13.1. The van der Waals surface area contributed by atoms with Crippen molar-refractivity contribution >= 4 is 17.1 Å². The highest BCUT2D eigenvalue weighted by atomic mass is 16.5. The van der Waals surface area contributed by atoms with Crippen molar-refractivity contribution in [2.75, 3.05) is 0 Å². The van der Waals surface area contributed by atoms with Gasteiger partial charge in [0.25, 0.3) is 5.56 Å². The molecule has 0 aromatic carbocycles. The molecule has 3 aromatic rings. The number of nitrogens with zero attached hydrogens (tertiary/aromatic N) is 4. The highest BCUT2D eigenvalue weighted by molar-refractivity contribution is 5.76. The Hall–Kier alpha value is -3.03. The maximum atomic E-state index is 13.8. The van der Waals surface area contributed by atoms with Gasteiger partial charge in [-0.25, -0.2) is 9.97 Å². The van der Waals surface area contributed by atoms with E-state index in [-0.39, 0.29) is 18.0 Å². The molecule has 3 heterocycles. The first-order valence-electron chi connectivity index (χ1n) is 12.5. The third kappa shape index (κ3) is 4.91. The Bertz CT molecular complexity index is 1200. The van der Waals surface area contributed by atoms with Crippen LogP contribution in [0.25, 0.3) is 22.4 Å². The third-order valence-corrected chi connectivity index (χ3v) is 7.01. The van der Waals surface area contributed by atoms with Crippen LogP contribution in [0.2, 0.25) is 0 Å². The van der Waals surface area contributed by atoms with Crippen molar-refractivity contribution in [1.82, 2.24) is 19.7 Å². The minimum absolute atomic E-state index is 0.0173. The molecule has 1 aliphatic carbocycles. The molecule has 0 aliphatic heterocycles. The lowest BCUT2D eigenvalue weighted by molar-refractivity contribution is -0.137. The summed E-state index contributed by atoms with van der Waals surface area (Å²) in [6.45, 7) is 5.90. The molecule has 3 aromatic heterocycles. The summed E-state index contributed by atoms with van der Waals surface area (Å²) in [5.74, 6) is 0.250. The predicted octanol–water partition coefficient (Wildman–Crippen LogP) is 5.39.